The zero-order valence-electron chi connectivity index (χ0n) is 57.0. The van der Waals surface area contributed by atoms with Gasteiger partial charge in [0.15, 0.2) is 0 Å². The Bertz CT molecular complexity index is 5530. The summed E-state index contributed by atoms with van der Waals surface area (Å²) in [6.45, 7) is 11.9. The number of para-hydroxylation sites is 2. The lowest BCUT2D eigenvalue weighted by molar-refractivity contribution is 0.401. The average molecular weight is 1330 g/mol. The van der Waals surface area contributed by atoms with E-state index in [9.17, 15) is 0 Å². The fraction of sp³-hybridized carbons (Fsp3) is 0.0408. The molecule has 0 amide bonds. The van der Waals surface area contributed by atoms with Gasteiger partial charge in [0.25, 0.3) is 0 Å². The van der Waals surface area contributed by atoms with Crippen molar-refractivity contribution in [3.8, 4) is 62.1 Å². The van der Waals surface area contributed by atoms with Gasteiger partial charge in [-0.05, 0) is 241 Å². The van der Waals surface area contributed by atoms with Crippen LogP contribution in [0.4, 0.5) is 34.1 Å². The molecule has 492 valence electrons. The highest BCUT2D eigenvalue weighted by Crippen LogP contribution is 2.60. The second kappa shape index (κ2) is 27.1. The highest BCUT2D eigenvalue weighted by molar-refractivity contribution is 5.92. The summed E-state index contributed by atoms with van der Waals surface area (Å²) in [5.41, 5.74) is 24.6. The lowest BCUT2D eigenvalue weighted by Crippen LogP contribution is -2.28. The minimum absolute atomic E-state index is 0.645. The van der Waals surface area contributed by atoms with Crippen molar-refractivity contribution in [2.75, 3.05) is 9.80 Å². The first-order valence-corrected chi connectivity index (χ1v) is 35.1. The van der Waals surface area contributed by atoms with Gasteiger partial charge in [0, 0.05) is 40.5 Å². The SMILES string of the molecule is C=CC1=CC=C(Oc2ccc(C3(c4ccc(Oc5ccc(C=C)cc5)cc4)c4ccccc4-c4ccc(N(c5ccccc5)c5ccc(-c6ccc(N(c7ccccc7)c7ccc8c(c7)C(c7ccccc7)(c7ccc(Oc9ccc(C=C)cc9)cc7)c7ccccc7-8)cc6)cc5)cc43)cc2)CC1. The van der Waals surface area contributed by atoms with Crippen LogP contribution in [-0.2, 0) is 10.8 Å². The quantitative estimate of drug-likeness (QED) is 0.0760. The number of nitrogens with zero attached hydrogens (tertiary/aromatic N) is 2. The monoisotopic (exact) mass is 1320 g/mol. The van der Waals surface area contributed by atoms with E-state index >= 15 is 0 Å². The number of benzene rings is 14. The zero-order valence-corrected chi connectivity index (χ0v) is 57.0. The fourth-order valence-corrected chi connectivity index (χ4v) is 15.7. The Morgan fingerprint density at radius 2 is 0.592 bits per heavy atom. The van der Waals surface area contributed by atoms with E-state index in [0.717, 1.165) is 120 Å². The first-order chi connectivity index (χ1) is 50.9. The highest BCUT2D eigenvalue weighted by atomic mass is 16.5. The van der Waals surface area contributed by atoms with Crippen molar-refractivity contribution in [2.45, 2.75) is 23.7 Å². The maximum Gasteiger partial charge on any atom is 0.127 e. The number of hydrogen-bond acceptors (Lipinski definition) is 5. The van der Waals surface area contributed by atoms with Crippen LogP contribution in [0.1, 0.15) is 68.5 Å². The summed E-state index contributed by atoms with van der Waals surface area (Å²) in [6, 6.07) is 124. The van der Waals surface area contributed by atoms with Crippen LogP contribution in [0, 0.1) is 0 Å². The molecule has 17 rings (SSSR count). The van der Waals surface area contributed by atoms with Gasteiger partial charge < -0.3 is 24.0 Å². The molecule has 0 aliphatic heterocycles. The third kappa shape index (κ3) is 11.5. The molecule has 0 radical (unpaired) electrons. The Labute approximate surface area is 603 Å². The first kappa shape index (κ1) is 63.2. The molecule has 0 bridgehead atoms. The lowest BCUT2D eigenvalue weighted by Gasteiger charge is -2.35. The second-order valence-corrected chi connectivity index (χ2v) is 26.4. The van der Waals surface area contributed by atoms with Gasteiger partial charge in [-0.25, -0.2) is 0 Å². The zero-order chi connectivity index (χ0) is 69.3. The van der Waals surface area contributed by atoms with Gasteiger partial charge >= 0.3 is 0 Å². The van der Waals surface area contributed by atoms with E-state index < -0.39 is 10.8 Å². The van der Waals surface area contributed by atoms with Crippen LogP contribution in [0.3, 0.4) is 0 Å². The molecule has 14 aromatic rings. The van der Waals surface area contributed by atoms with Crippen LogP contribution < -0.4 is 24.0 Å². The van der Waals surface area contributed by atoms with Crippen molar-refractivity contribution in [3.63, 3.8) is 0 Å². The summed E-state index contributed by atoms with van der Waals surface area (Å²) in [4.78, 5) is 4.76. The average Bonchev–Trinajstić information content (AvgIpc) is 1.56. The summed E-state index contributed by atoms with van der Waals surface area (Å²) in [7, 11) is 0. The Morgan fingerprint density at radius 3 is 0.971 bits per heavy atom. The van der Waals surface area contributed by atoms with E-state index in [4.69, 9.17) is 14.2 Å². The number of anilines is 6. The Kier molecular flexibility index (Phi) is 16.7. The normalized spacial score (nSPS) is 15.2. The summed E-state index contributed by atoms with van der Waals surface area (Å²) >= 11 is 0. The number of fused-ring (bicyclic) bond motifs is 6. The summed E-state index contributed by atoms with van der Waals surface area (Å²) in [5, 5.41) is 0. The third-order valence-electron chi connectivity index (χ3n) is 20.6. The van der Waals surface area contributed by atoms with Crippen LogP contribution in [-0.4, -0.2) is 0 Å². The van der Waals surface area contributed by atoms with E-state index in [1.54, 1.807) is 0 Å². The van der Waals surface area contributed by atoms with Crippen molar-refractivity contribution in [3.05, 3.63) is 451 Å². The molecular formula is C98H72N2O3. The maximum atomic E-state index is 6.58. The minimum atomic E-state index is -0.743. The molecule has 0 fully saturated rings. The van der Waals surface area contributed by atoms with E-state index in [-0.39, 0.29) is 0 Å². The van der Waals surface area contributed by atoms with E-state index in [0.29, 0.717) is 0 Å². The van der Waals surface area contributed by atoms with Crippen molar-refractivity contribution >= 4 is 46.3 Å². The van der Waals surface area contributed by atoms with Crippen LogP contribution in [0.15, 0.2) is 395 Å². The minimum Gasteiger partial charge on any atom is -0.462 e. The van der Waals surface area contributed by atoms with E-state index in [1.165, 1.54) is 55.6 Å². The Morgan fingerprint density at radius 1 is 0.262 bits per heavy atom. The van der Waals surface area contributed by atoms with Crippen LogP contribution in [0.2, 0.25) is 0 Å². The third-order valence-corrected chi connectivity index (χ3v) is 20.6. The molecule has 14 aromatic carbocycles. The number of rotatable bonds is 20. The van der Waals surface area contributed by atoms with E-state index in [2.05, 4.69) is 339 Å². The van der Waals surface area contributed by atoms with Gasteiger partial charge in [0.05, 0.1) is 10.8 Å². The van der Waals surface area contributed by atoms with Crippen molar-refractivity contribution < 1.29 is 14.2 Å². The molecule has 3 aliphatic rings. The van der Waals surface area contributed by atoms with Crippen LogP contribution >= 0.6 is 0 Å². The number of ether oxygens (including phenoxy) is 3. The van der Waals surface area contributed by atoms with Gasteiger partial charge in [0.2, 0.25) is 0 Å². The lowest BCUT2D eigenvalue weighted by atomic mass is 9.67. The molecule has 5 heteroatoms. The molecule has 0 spiro atoms. The molecule has 0 N–H and O–H groups in total. The molecule has 0 saturated carbocycles. The highest BCUT2D eigenvalue weighted by Gasteiger charge is 2.48. The van der Waals surface area contributed by atoms with Gasteiger partial charge in [-0.3, -0.25) is 0 Å². The van der Waals surface area contributed by atoms with Crippen LogP contribution in [0.25, 0.3) is 45.5 Å². The predicted octanol–water partition coefficient (Wildman–Crippen LogP) is 26.1. The second-order valence-electron chi connectivity index (χ2n) is 26.4. The molecule has 2 atom stereocenters. The molecule has 0 aromatic heterocycles. The van der Waals surface area contributed by atoms with Gasteiger partial charge in [-0.2, -0.15) is 0 Å². The molecule has 2 unspecified atom stereocenters. The van der Waals surface area contributed by atoms with Crippen LogP contribution in [0.5, 0.6) is 28.7 Å². The smallest absolute Gasteiger partial charge is 0.127 e. The number of allylic oxidation sites excluding steroid dienone is 5. The summed E-state index contributed by atoms with van der Waals surface area (Å²) in [5.74, 6) is 4.78. The van der Waals surface area contributed by atoms with Gasteiger partial charge in [-0.15, -0.1) is 0 Å². The summed E-state index contributed by atoms with van der Waals surface area (Å²) < 4.78 is 19.5. The van der Waals surface area contributed by atoms with Crippen molar-refractivity contribution in [1.82, 2.24) is 0 Å². The van der Waals surface area contributed by atoms with Gasteiger partial charge in [0.1, 0.15) is 34.5 Å². The Hall–Kier alpha value is -13.2. The number of hydrogen-bond donors (Lipinski definition) is 0. The van der Waals surface area contributed by atoms with Crippen molar-refractivity contribution in [1.29, 1.82) is 0 Å². The standard InChI is InChI=1S/C98H72N2O3/c1-4-68-30-52-83(53-31-68)101-86-58-40-74(41-59-86)97(73-20-10-7-11-21-73)93-28-18-16-26-89(93)91-64-50-81(66-95(91)97)99(77-22-12-8-13-23-77)79-46-36-71(37-47-79)72-38-48-80(49-39-72)100(78-24-14-9-15-25-78)82-51-65-92-90-27-17-19-29-94(90)98(96(92)67-82,75-42-60-87(61-43-75)102-84-54-32-69(5-2)33-55-84)76-44-62-88(63-45-76)103-85-56-34-70(6-3)35-57-85/h4-34,36-56,58-67H,1-3,35,57H2. The molecular weight excluding hydrogens is 1250 g/mol. The van der Waals surface area contributed by atoms with E-state index in [1.807, 2.05) is 66.8 Å². The fourth-order valence-electron chi connectivity index (χ4n) is 15.7. The molecule has 0 heterocycles. The first-order valence-electron chi connectivity index (χ1n) is 35.1. The molecule has 5 nitrogen and oxygen atoms in total. The molecule has 103 heavy (non-hydrogen) atoms. The Balaban J connectivity index is 0.724. The molecule has 3 aliphatic carbocycles. The molecule has 0 saturated heterocycles. The topological polar surface area (TPSA) is 34.2 Å². The van der Waals surface area contributed by atoms with Crippen molar-refractivity contribution in [2.24, 2.45) is 0 Å². The predicted molar refractivity (Wildman–Crippen MR) is 425 cm³/mol. The van der Waals surface area contributed by atoms with Gasteiger partial charge in [-0.1, -0.05) is 256 Å². The largest absolute Gasteiger partial charge is 0.462 e. The summed E-state index contributed by atoms with van der Waals surface area (Å²) in [6.07, 6.45) is 11.5. The maximum absolute atomic E-state index is 6.58.